The Bertz CT molecular complexity index is 1600. The molecule has 0 aromatic heterocycles. The van der Waals surface area contributed by atoms with Gasteiger partial charge in [-0.2, -0.15) is 0 Å². The molecule has 0 spiro atoms. The molecule has 0 aliphatic carbocycles. The normalized spacial score (nSPS) is 12.8. The lowest BCUT2D eigenvalue weighted by Gasteiger charge is -2.32. The van der Waals surface area contributed by atoms with Gasteiger partial charge >= 0.3 is 6.09 Å². The molecule has 1 amide bonds. The van der Waals surface area contributed by atoms with Crippen LogP contribution in [0.5, 0.6) is 0 Å². The van der Waals surface area contributed by atoms with E-state index < -0.39 is 39.5 Å². The summed E-state index contributed by atoms with van der Waals surface area (Å²) in [4.78, 5) is 12.3. The highest BCUT2D eigenvalue weighted by atomic mass is 35.5. The standard InChI is InChI=1S/C31H29ClF2N2O4S/c1-21(23-8-4-3-5-9-23)35-31(37)40-19-18-24-10-6-7-11-28(24)22(2)36(30-20-26(33)14-17-29(30)34)41(38,39)27-15-12-25(32)13-16-27/h3-17,20-22H,18-19H2,1-2H3,(H,35,37)/t21-,22+/m0/s1. The van der Waals surface area contributed by atoms with Crippen LogP contribution in [0.2, 0.25) is 5.02 Å². The van der Waals surface area contributed by atoms with E-state index in [-0.39, 0.29) is 24.0 Å². The van der Waals surface area contributed by atoms with E-state index in [2.05, 4.69) is 5.32 Å². The first kappa shape index (κ1) is 30.0. The van der Waals surface area contributed by atoms with Gasteiger partial charge in [0.15, 0.2) is 0 Å². The number of ether oxygens (including phenoxy) is 1. The van der Waals surface area contributed by atoms with Crippen molar-refractivity contribution in [3.05, 3.63) is 130 Å². The van der Waals surface area contributed by atoms with Crippen LogP contribution in [0.3, 0.4) is 0 Å². The number of amides is 1. The maximum Gasteiger partial charge on any atom is 0.407 e. The van der Waals surface area contributed by atoms with Crippen molar-refractivity contribution >= 4 is 33.4 Å². The van der Waals surface area contributed by atoms with Crippen molar-refractivity contribution < 1.29 is 26.7 Å². The molecule has 4 rings (SSSR count). The third kappa shape index (κ3) is 7.23. The van der Waals surface area contributed by atoms with Crippen LogP contribution in [0.25, 0.3) is 0 Å². The van der Waals surface area contributed by atoms with E-state index in [0.29, 0.717) is 16.1 Å². The molecule has 0 saturated heterocycles. The van der Waals surface area contributed by atoms with Crippen molar-refractivity contribution in [2.24, 2.45) is 0 Å². The molecule has 0 radical (unpaired) electrons. The van der Waals surface area contributed by atoms with Gasteiger partial charge in [-0.3, -0.25) is 4.31 Å². The van der Waals surface area contributed by atoms with Gasteiger partial charge in [-0.15, -0.1) is 0 Å². The number of nitrogens with one attached hydrogen (secondary N) is 1. The Morgan fingerprint density at radius 3 is 2.29 bits per heavy atom. The lowest BCUT2D eigenvalue weighted by molar-refractivity contribution is 0.144. The number of carbonyl (C=O) groups excluding carboxylic acids is 1. The smallest absolute Gasteiger partial charge is 0.407 e. The highest BCUT2D eigenvalue weighted by Gasteiger charge is 2.33. The second-order valence-electron chi connectivity index (χ2n) is 9.39. The van der Waals surface area contributed by atoms with Crippen LogP contribution < -0.4 is 9.62 Å². The quantitative estimate of drug-likeness (QED) is 0.204. The predicted molar refractivity (Wildman–Crippen MR) is 155 cm³/mol. The van der Waals surface area contributed by atoms with Gasteiger partial charge in [0.2, 0.25) is 0 Å². The predicted octanol–water partition coefficient (Wildman–Crippen LogP) is 7.60. The number of benzene rings is 4. The van der Waals surface area contributed by atoms with Crippen LogP contribution in [0.1, 0.15) is 42.6 Å². The molecule has 0 heterocycles. The van der Waals surface area contributed by atoms with Crippen LogP contribution in [0, 0.1) is 11.6 Å². The van der Waals surface area contributed by atoms with Crippen molar-refractivity contribution in [2.45, 2.75) is 37.2 Å². The number of carbonyl (C=O) groups is 1. The molecule has 0 unspecified atom stereocenters. The van der Waals surface area contributed by atoms with Crippen LogP contribution in [-0.4, -0.2) is 21.1 Å². The maximum atomic E-state index is 15.1. The molecular weight excluding hydrogens is 570 g/mol. The lowest BCUT2D eigenvalue weighted by atomic mass is 9.99. The molecule has 4 aromatic rings. The molecule has 0 aliphatic rings. The summed E-state index contributed by atoms with van der Waals surface area (Å²) in [7, 11) is -4.38. The first-order valence-electron chi connectivity index (χ1n) is 12.9. The second kappa shape index (κ2) is 13.1. The zero-order chi connectivity index (χ0) is 29.6. The Labute approximate surface area is 243 Å². The van der Waals surface area contributed by atoms with E-state index in [0.717, 1.165) is 28.1 Å². The van der Waals surface area contributed by atoms with Crippen LogP contribution in [0.15, 0.2) is 102 Å². The first-order chi connectivity index (χ1) is 19.6. The van der Waals surface area contributed by atoms with Gasteiger partial charge in [-0.25, -0.2) is 22.0 Å². The average Bonchev–Trinajstić information content (AvgIpc) is 2.95. The van der Waals surface area contributed by atoms with Gasteiger partial charge in [-0.05, 0) is 66.9 Å². The third-order valence-electron chi connectivity index (χ3n) is 6.61. The molecule has 0 aliphatic heterocycles. The molecule has 4 aromatic carbocycles. The molecule has 6 nitrogen and oxygen atoms in total. The van der Waals surface area contributed by atoms with E-state index in [4.69, 9.17) is 16.3 Å². The van der Waals surface area contributed by atoms with Crippen LogP contribution in [0.4, 0.5) is 19.3 Å². The summed E-state index contributed by atoms with van der Waals surface area (Å²) in [6, 6.07) is 23.3. The Morgan fingerprint density at radius 2 is 1.59 bits per heavy atom. The largest absolute Gasteiger partial charge is 0.449 e. The number of hydrogen-bond donors (Lipinski definition) is 1. The van der Waals surface area contributed by atoms with Crippen molar-refractivity contribution in [3.8, 4) is 0 Å². The van der Waals surface area contributed by atoms with Gasteiger partial charge in [0, 0.05) is 17.5 Å². The molecule has 0 saturated carbocycles. The summed E-state index contributed by atoms with van der Waals surface area (Å²) in [5.74, 6) is -1.69. The zero-order valence-electron chi connectivity index (χ0n) is 22.4. The SMILES string of the molecule is C[C@H](NC(=O)OCCc1ccccc1[C@@H](C)N(c1cc(F)ccc1F)S(=O)(=O)c1ccc(Cl)cc1)c1ccccc1. The topological polar surface area (TPSA) is 75.7 Å². The van der Waals surface area contributed by atoms with Crippen molar-refractivity contribution in [1.29, 1.82) is 0 Å². The molecule has 1 N–H and O–H groups in total. The fourth-order valence-electron chi connectivity index (χ4n) is 4.51. The number of sulfonamides is 1. The summed E-state index contributed by atoms with van der Waals surface area (Å²) in [5.41, 5.74) is 1.70. The number of hydrogen-bond acceptors (Lipinski definition) is 4. The summed E-state index contributed by atoms with van der Waals surface area (Å²) in [5, 5.41) is 3.10. The van der Waals surface area contributed by atoms with Gasteiger partial charge in [0.1, 0.15) is 11.6 Å². The number of rotatable bonds is 10. The fraction of sp³-hybridized carbons (Fsp3) is 0.194. The first-order valence-corrected chi connectivity index (χ1v) is 14.7. The summed E-state index contributed by atoms with van der Waals surface area (Å²) >= 11 is 5.95. The molecule has 0 bridgehead atoms. The molecule has 41 heavy (non-hydrogen) atoms. The number of anilines is 1. The summed E-state index contributed by atoms with van der Waals surface area (Å²) in [6.07, 6.45) is -0.339. The Kier molecular flexibility index (Phi) is 9.62. The Hall–Kier alpha value is -3.95. The second-order valence-corrected chi connectivity index (χ2v) is 11.6. The Morgan fingerprint density at radius 1 is 0.927 bits per heavy atom. The van der Waals surface area contributed by atoms with Crippen LogP contribution >= 0.6 is 11.6 Å². The molecule has 0 fully saturated rings. The average molecular weight is 599 g/mol. The van der Waals surface area contributed by atoms with Gasteiger partial charge in [0.05, 0.1) is 29.3 Å². The minimum Gasteiger partial charge on any atom is -0.449 e. The zero-order valence-corrected chi connectivity index (χ0v) is 24.0. The fourth-order valence-corrected chi connectivity index (χ4v) is 6.28. The van der Waals surface area contributed by atoms with Gasteiger partial charge in [0.25, 0.3) is 10.0 Å². The highest BCUT2D eigenvalue weighted by Crippen LogP contribution is 2.36. The van der Waals surface area contributed by atoms with E-state index in [9.17, 15) is 17.6 Å². The summed E-state index contributed by atoms with van der Waals surface area (Å²) in [6.45, 7) is 3.44. The van der Waals surface area contributed by atoms with E-state index in [1.54, 1.807) is 31.2 Å². The van der Waals surface area contributed by atoms with Gasteiger partial charge < -0.3 is 10.1 Å². The monoisotopic (exact) mass is 598 g/mol. The lowest BCUT2D eigenvalue weighted by Crippen LogP contribution is -2.35. The number of alkyl carbamates (subject to hydrolysis) is 1. The number of halogens is 3. The van der Waals surface area contributed by atoms with Gasteiger partial charge in [-0.1, -0.05) is 66.2 Å². The van der Waals surface area contributed by atoms with E-state index in [1.165, 1.54) is 24.3 Å². The van der Waals surface area contributed by atoms with Crippen molar-refractivity contribution in [3.63, 3.8) is 0 Å². The minimum atomic E-state index is -4.38. The van der Waals surface area contributed by atoms with E-state index in [1.807, 2.05) is 37.3 Å². The Balaban J connectivity index is 1.59. The van der Waals surface area contributed by atoms with E-state index >= 15 is 4.39 Å². The highest BCUT2D eigenvalue weighted by molar-refractivity contribution is 7.92. The van der Waals surface area contributed by atoms with Crippen LogP contribution in [-0.2, 0) is 21.2 Å². The molecular formula is C31H29ClF2N2O4S. The molecule has 214 valence electrons. The summed E-state index contributed by atoms with van der Waals surface area (Å²) < 4.78 is 63.3. The number of nitrogens with zero attached hydrogens (tertiary/aromatic N) is 1. The molecule has 10 heteroatoms. The molecule has 2 atom stereocenters. The van der Waals surface area contributed by atoms with Crippen molar-refractivity contribution in [2.75, 3.05) is 10.9 Å². The maximum absolute atomic E-state index is 15.1. The van der Waals surface area contributed by atoms with Crippen molar-refractivity contribution in [1.82, 2.24) is 5.32 Å². The third-order valence-corrected chi connectivity index (χ3v) is 8.76. The minimum absolute atomic E-state index is 0.00926.